The summed E-state index contributed by atoms with van der Waals surface area (Å²) in [6, 6.07) is 8.06. The fourth-order valence-corrected chi connectivity index (χ4v) is 4.02. The highest BCUT2D eigenvalue weighted by Gasteiger charge is 2.11. The molecule has 0 saturated carbocycles. The molecule has 0 saturated heterocycles. The number of aryl methyl sites for hydroxylation is 1. The van der Waals surface area contributed by atoms with Gasteiger partial charge in [0.15, 0.2) is 4.96 Å². The maximum Gasteiger partial charge on any atom is 0.258 e. The van der Waals surface area contributed by atoms with Crippen LogP contribution in [-0.2, 0) is 10.5 Å². The monoisotopic (exact) mass is 388 g/mol. The van der Waals surface area contributed by atoms with Crippen molar-refractivity contribution in [3.63, 3.8) is 0 Å². The number of hydrogen-bond donors (Lipinski definition) is 2. The number of amides is 2. The second-order valence-corrected chi connectivity index (χ2v) is 7.35. The molecule has 0 spiro atoms. The summed E-state index contributed by atoms with van der Waals surface area (Å²) in [5.74, 6) is -0.253. The molecule has 0 bridgehead atoms. The van der Waals surface area contributed by atoms with E-state index in [1.807, 2.05) is 12.3 Å². The molecule has 0 radical (unpaired) electrons. The molecule has 3 rings (SSSR count). The highest BCUT2D eigenvalue weighted by molar-refractivity contribution is 7.99. The zero-order chi connectivity index (χ0) is 18.7. The molecule has 0 atom stereocenters. The number of aromatic nitrogens is 2. The maximum absolute atomic E-state index is 12.1. The molecule has 3 N–H and O–H groups in total. The standard InChI is InChI=1S/C17H16N4O3S2/c1-10-7-26-17-19-11(6-15(23)21(10)17)8-25-9-14(22)20-13-5-3-2-4-12(13)16(18)24/h2-7H,8-9H2,1H3,(H2,18,24)(H,20,22). The van der Waals surface area contributed by atoms with Gasteiger partial charge in [0.05, 0.1) is 22.7 Å². The van der Waals surface area contributed by atoms with Crippen LogP contribution in [0.4, 0.5) is 5.69 Å². The molecule has 0 aliphatic heterocycles. The van der Waals surface area contributed by atoms with Gasteiger partial charge in [-0.1, -0.05) is 12.1 Å². The molecule has 0 aliphatic rings. The molecule has 26 heavy (non-hydrogen) atoms. The van der Waals surface area contributed by atoms with Gasteiger partial charge >= 0.3 is 0 Å². The first-order valence-corrected chi connectivity index (χ1v) is 9.72. The van der Waals surface area contributed by atoms with Gasteiger partial charge in [-0.3, -0.25) is 18.8 Å². The van der Waals surface area contributed by atoms with Crippen molar-refractivity contribution in [1.29, 1.82) is 0 Å². The van der Waals surface area contributed by atoms with Gasteiger partial charge in [0.2, 0.25) is 5.91 Å². The number of hydrogen-bond acceptors (Lipinski definition) is 6. The minimum atomic E-state index is -0.599. The lowest BCUT2D eigenvalue weighted by atomic mass is 10.1. The molecular formula is C17H16N4O3S2. The quantitative estimate of drug-likeness (QED) is 0.672. The molecule has 2 aromatic heterocycles. The molecule has 0 aliphatic carbocycles. The number of thiazole rings is 1. The molecular weight excluding hydrogens is 372 g/mol. The Morgan fingerprint density at radius 3 is 2.88 bits per heavy atom. The zero-order valence-corrected chi connectivity index (χ0v) is 15.5. The van der Waals surface area contributed by atoms with E-state index in [2.05, 4.69) is 10.3 Å². The van der Waals surface area contributed by atoms with Gasteiger partial charge in [0.25, 0.3) is 11.5 Å². The van der Waals surface area contributed by atoms with Crippen LogP contribution in [0.15, 0.2) is 40.5 Å². The molecule has 134 valence electrons. The molecule has 2 amide bonds. The fraction of sp³-hybridized carbons (Fsp3) is 0.176. The van der Waals surface area contributed by atoms with Gasteiger partial charge in [-0.2, -0.15) is 0 Å². The van der Waals surface area contributed by atoms with E-state index >= 15 is 0 Å². The Morgan fingerprint density at radius 1 is 1.35 bits per heavy atom. The number of para-hydroxylation sites is 1. The third-order valence-electron chi connectivity index (χ3n) is 3.58. The summed E-state index contributed by atoms with van der Waals surface area (Å²) < 4.78 is 1.56. The molecule has 0 unspecified atom stereocenters. The van der Waals surface area contributed by atoms with E-state index in [1.54, 1.807) is 28.7 Å². The average molecular weight is 388 g/mol. The van der Waals surface area contributed by atoms with E-state index in [-0.39, 0.29) is 22.8 Å². The minimum absolute atomic E-state index is 0.121. The number of fused-ring (bicyclic) bond motifs is 1. The molecule has 2 heterocycles. The van der Waals surface area contributed by atoms with Crippen molar-refractivity contribution in [3.05, 3.63) is 63.0 Å². The summed E-state index contributed by atoms with van der Waals surface area (Å²) >= 11 is 2.75. The Kier molecular flexibility index (Phi) is 5.38. The first kappa shape index (κ1) is 18.2. The van der Waals surface area contributed by atoms with Crippen LogP contribution in [0.5, 0.6) is 0 Å². The minimum Gasteiger partial charge on any atom is -0.366 e. The zero-order valence-electron chi connectivity index (χ0n) is 13.9. The second kappa shape index (κ2) is 7.71. The van der Waals surface area contributed by atoms with Crippen molar-refractivity contribution in [1.82, 2.24) is 9.38 Å². The third kappa shape index (κ3) is 3.94. The summed E-state index contributed by atoms with van der Waals surface area (Å²) in [5, 5.41) is 4.56. The van der Waals surface area contributed by atoms with E-state index in [4.69, 9.17) is 5.73 Å². The maximum atomic E-state index is 12.1. The van der Waals surface area contributed by atoms with Gasteiger partial charge < -0.3 is 11.1 Å². The first-order valence-electron chi connectivity index (χ1n) is 7.69. The normalized spacial score (nSPS) is 10.8. The van der Waals surface area contributed by atoms with Crippen LogP contribution in [0.2, 0.25) is 0 Å². The highest BCUT2D eigenvalue weighted by Crippen LogP contribution is 2.17. The van der Waals surface area contributed by atoms with Crippen molar-refractivity contribution >= 4 is 45.6 Å². The number of anilines is 1. The van der Waals surface area contributed by atoms with Crippen molar-refractivity contribution < 1.29 is 9.59 Å². The fourth-order valence-electron chi connectivity index (χ4n) is 2.42. The summed E-state index contributed by atoms with van der Waals surface area (Å²) in [6.45, 7) is 1.86. The van der Waals surface area contributed by atoms with Crippen LogP contribution >= 0.6 is 23.1 Å². The first-order chi connectivity index (χ1) is 12.5. The van der Waals surface area contributed by atoms with E-state index in [0.717, 1.165) is 5.69 Å². The summed E-state index contributed by atoms with van der Waals surface area (Å²) in [5.41, 5.74) is 7.31. The van der Waals surface area contributed by atoms with E-state index in [0.29, 0.717) is 22.1 Å². The van der Waals surface area contributed by atoms with Crippen LogP contribution in [0.3, 0.4) is 0 Å². The van der Waals surface area contributed by atoms with E-state index in [9.17, 15) is 14.4 Å². The van der Waals surface area contributed by atoms with Crippen LogP contribution < -0.4 is 16.6 Å². The van der Waals surface area contributed by atoms with E-state index < -0.39 is 5.91 Å². The summed E-state index contributed by atoms with van der Waals surface area (Å²) in [7, 11) is 0. The number of nitrogens with one attached hydrogen (secondary N) is 1. The molecule has 0 fully saturated rings. The largest absolute Gasteiger partial charge is 0.366 e. The Hall–Kier alpha value is -2.65. The number of carbonyl (C=O) groups is 2. The SMILES string of the molecule is Cc1csc2nc(CSCC(=O)Nc3ccccc3C(N)=O)cc(=O)n12. The third-order valence-corrected chi connectivity index (χ3v) is 5.49. The lowest BCUT2D eigenvalue weighted by Crippen LogP contribution is -2.19. The number of primary amides is 1. The summed E-state index contributed by atoms with van der Waals surface area (Å²) in [6.07, 6.45) is 0. The number of thioether (sulfide) groups is 1. The van der Waals surface area contributed by atoms with E-state index in [1.165, 1.54) is 29.2 Å². The summed E-state index contributed by atoms with van der Waals surface area (Å²) in [4.78, 5) is 40.7. The molecule has 1 aromatic carbocycles. The number of carbonyl (C=O) groups excluding carboxylic acids is 2. The molecule has 3 aromatic rings. The van der Waals surface area contributed by atoms with Crippen LogP contribution in [0.1, 0.15) is 21.7 Å². The van der Waals surface area contributed by atoms with Crippen molar-refractivity contribution in [2.75, 3.05) is 11.1 Å². The van der Waals surface area contributed by atoms with Gasteiger partial charge in [0.1, 0.15) is 0 Å². The Morgan fingerprint density at radius 2 is 2.12 bits per heavy atom. The van der Waals surface area contributed by atoms with Gasteiger partial charge in [-0.25, -0.2) is 4.98 Å². The van der Waals surface area contributed by atoms with Crippen molar-refractivity contribution in [2.45, 2.75) is 12.7 Å². The van der Waals surface area contributed by atoms with Gasteiger partial charge in [-0.15, -0.1) is 23.1 Å². The van der Waals surface area contributed by atoms with Crippen LogP contribution in [0, 0.1) is 6.92 Å². The van der Waals surface area contributed by atoms with Crippen molar-refractivity contribution in [2.24, 2.45) is 5.73 Å². The Bertz CT molecular complexity index is 1040. The lowest BCUT2D eigenvalue weighted by Gasteiger charge is -2.08. The van der Waals surface area contributed by atoms with Crippen LogP contribution in [-0.4, -0.2) is 27.0 Å². The molecule has 9 heteroatoms. The van der Waals surface area contributed by atoms with Crippen molar-refractivity contribution in [3.8, 4) is 0 Å². The number of rotatable bonds is 6. The topological polar surface area (TPSA) is 107 Å². The molecule has 7 nitrogen and oxygen atoms in total. The van der Waals surface area contributed by atoms with Crippen LogP contribution in [0.25, 0.3) is 4.96 Å². The smallest absolute Gasteiger partial charge is 0.258 e. The number of nitrogens with zero attached hydrogens (tertiary/aromatic N) is 2. The Labute approximate surface area is 157 Å². The predicted octanol–water partition coefficient (Wildman–Crippen LogP) is 2.04. The average Bonchev–Trinajstić information content (AvgIpc) is 2.96. The predicted molar refractivity (Wildman–Crippen MR) is 104 cm³/mol. The Balaban J connectivity index is 1.61. The highest BCUT2D eigenvalue weighted by atomic mass is 32.2. The van der Waals surface area contributed by atoms with Gasteiger partial charge in [0, 0.05) is 22.9 Å². The lowest BCUT2D eigenvalue weighted by molar-refractivity contribution is -0.113. The number of nitrogens with two attached hydrogens (primary N) is 1. The second-order valence-electron chi connectivity index (χ2n) is 5.53. The van der Waals surface area contributed by atoms with Gasteiger partial charge in [-0.05, 0) is 19.1 Å². The number of benzene rings is 1.